The Morgan fingerprint density at radius 1 is 1.64 bits per heavy atom. The Labute approximate surface area is 84.8 Å². The van der Waals surface area contributed by atoms with Crippen molar-refractivity contribution in [2.24, 2.45) is 11.8 Å². The van der Waals surface area contributed by atoms with Gasteiger partial charge >= 0.3 is 5.97 Å². The van der Waals surface area contributed by atoms with Crippen molar-refractivity contribution in [3.05, 3.63) is 0 Å². The van der Waals surface area contributed by atoms with E-state index >= 15 is 0 Å². The molecule has 1 heterocycles. The summed E-state index contributed by atoms with van der Waals surface area (Å²) < 4.78 is 5.11. The molecule has 1 fully saturated rings. The Balaban J connectivity index is 2.49. The number of likely N-dealkylation sites (tertiary alicyclic amines) is 1. The monoisotopic (exact) mass is 201 g/mol. The number of ether oxygens (including phenoxy) is 1. The van der Waals surface area contributed by atoms with Crippen LogP contribution in [0.25, 0.3) is 0 Å². The van der Waals surface area contributed by atoms with Gasteiger partial charge in [0.15, 0.2) is 0 Å². The Kier molecular flexibility index (Phi) is 3.89. The van der Waals surface area contributed by atoms with E-state index in [4.69, 9.17) is 9.84 Å². The minimum atomic E-state index is -0.740. The van der Waals surface area contributed by atoms with E-state index in [0.717, 1.165) is 19.7 Å². The molecular formula is C10H19NO3. The number of nitrogens with zero attached hydrogens (tertiary/aromatic N) is 1. The normalized spacial score (nSPS) is 30.5. The van der Waals surface area contributed by atoms with Gasteiger partial charge in [-0.2, -0.15) is 0 Å². The maximum atomic E-state index is 10.8. The molecule has 1 aliphatic rings. The van der Waals surface area contributed by atoms with Gasteiger partial charge in [-0.15, -0.1) is 0 Å². The SMILES string of the molecule is COC[C@@H]1CN([C@H](C)C(=O)O)C[C@@H]1C. The van der Waals surface area contributed by atoms with Crippen molar-refractivity contribution in [2.45, 2.75) is 19.9 Å². The van der Waals surface area contributed by atoms with Crippen LogP contribution in [-0.2, 0) is 9.53 Å². The number of aliphatic carboxylic acids is 1. The van der Waals surface area contributed by atoms with Crippen LogP contribution in [-0.4, -0.2) is 48.8 Å². The third-order valence-electron chi connectivity index (χ3n) is 3.08. The molecule has 1 rings (SSSR count). The van der Waals surface area contributed by atoms with Crippen LogP contribution < -0.4 is 0 Å². The van der Waals surface area contributed by atoms with E-state index < -0.39 is 5.97 Å². The van der Waals surface area contributed by atoms with E-state index in [0.29, 0.717) is 11.8 Å². The molecule has 0 saturated carbocycles. The highest BCUT2D eigenvalue weighted by Crippen LogP contribution is 2.24. The molecular weight excluding hydrogens is 182 g/mol. The highest BCUT2D eigenvalue weighted by Gasteiger charge is 2.34. The lowest BCUT2D eigenvalue weighted by Crippen LogP contribution is -2.37. The van der Waals surface area contributed by atoms with E-state index in [1.165, 1.54) is 0 Å². The molecule has 0 bridgehead atoms. The second-order valence-electron chi connectivity index (χ2n) is 4.16. The molecule has 0 aromatic rings. The summed E-state index contributed by atoms with van der Waals surface area (Å²) in [6, 6.07) is -0.376. The third-order valence-corrected chi connectivity index (χ3v) is 3.08. The van der Waals surface area contributed by atoms with Gasteiger partial charge in [-0.3, -0.25) is 9.69 Å². The Morgan fingerprint density at radius 3 is 2.79 bits per heavy atom. The summed E-state index contributed by atoms with van der Waals surface area (Å²) in [4.78, 5) is 12.8. The van der Waals surface area contributed by atoms with Crippen LogP contribution in [0.3, 0.4) is 0 Å². The molecule has 0 unspecified atom stereocenters. The molecule has 82 valence electrons. The molecule has 1 N–H and O–H groups in total. The highest BCUT2D eigenvalue weighted by atomic mass is 16.5. The molecule has 0 aromatic heterocycles. The topological polar surface area (TPSA) is 49.8 Å². The summed E-state index contributed by atoms with van der Waals surface area (Å²) in [7, 11) is 1.69. The Hall–Kier alpha value is -0.610. The van der Waals surface area contributed by atoms with Gasteiger partial charge in [0.05, 0.1) is 6.61 Å². The highest BCUT2D eigenvalue weighted by molar-refractivity contribution is 5.72. The van der Waals surface area contributed by atoms with Gasteiger partial charge < -0.3 is 9.84 Å². The van der Waals surface area contributed by atoms with Gasteiger partial charge in [-0.05, 0) is 18.8 Å². The average Bonchev–Trinajstić information content (AvgIpc) is 2.47. The fourth-order valence-electron chi connectivity index (χ4n) is 1.98. The number of carbonyl (C=O) groups is 1. The minimum Gasteiger partial charge on any atom is -0.480 e. The standard InChI is InChI=1S/C10H19NO3/c1-7-4-11(8(2)10(12)13)5-9(7)6-14-3/h7-9H,4-6H2,1-3H3,(H,12,13)/t7-,8+,9-/m0/s1. The molecule has 0 radical (unpaired) electrons. The number of carboxylic acids is 1. The van der Waals surface area contributed by atoms with E-state index in [2.05, 4.69) is 6.92 Å². The lowest BCUT2D eigenvalue weighted by Gasteiger charge is -2.20. The van der Waals surface area contributed by atoms with Crippen LogP contribution in [0.4, 0.5) is 0 Å². The fraction of sp³-hybridized carbons (Fsp3) is 0.900. The molecule has 4 nitrogen and oxygen atoms in total. The lowest BCUT2D eigenvalue weighted by atomic mass is 10.00. The summed E-state index contributed by atoms with van der Waals surface area (Å²) in [5.74, 6) is 0.258. The van der Waals surface area contributed by atoms with Crippen molar-refractivity contribution in [3.8, 4) is 0 Å². The molecule has 4 heteroatoms. The maximum Gasteiger partial charge on any atom is 0.320 e. The van der Waals surface area contributed by atoms with Crippen LogP contribution in [0.2, 0.25) is 0 Å². The zero-order chi connectivity index (χ0) is 10.7. The van der Waals surface area contributed by atoms with E-state index in [1.54, 1.807) is 14.0 Å². The van der Waals surface area contributed by atoms with Crippen molar-refractivity contribution < 1.29 is 14.6 Å². The van der Waals surface area contributed by atoms with Crippen LogP contribution in [0.5, 0.6) is 0 Å². The fourth-order valence-corrected chi connectivity index (χ4v) is 1.98. The quantitative estimate of drug-likeness (QED) is 0.726. The molecule has 14 heavy (non-hydrogen) atoms. The average molecular weight is 201 g/mol. The van der Waals surface area contributed by atoms with Crippen molar-refractivity contribution in [1.29, 1.82) is 0 Å². The first-order valence-corrected chi connectivity index (χ1v) is 5.02. The summed E-state index contributed by atoms with van der Waals surface area (Å²) in [6.45, 7) is 6.32. The smallest absolute Gasteiger partial charge is 0.320 e. The van der Waals surface area contributed by atoms with Crippen LogP contribution in [0.15, 0.2) is 0 Å². The predicted octanol–water partition coefficient (Wildman–Crippen LogP) is 0.674. The largest absolute Gasteiger partial charge is 0.480 e. The second-order valence-corrected chi connectivity index (χ2v) is 4.16. The van der Waals surface area contributed by atoms with Gasteiger partial charge in [-0.25, -0.2) is 0 Å². The molecule has 0 amide bonds. The van der Waals surface area contributed by atoms with Crippen LogP contribution >= 0.6 is 0 Å². The van der Waals surface area contributed by atoms with Gasteiger partial charge in [0, 0.05) is 20.2 Å². The van der Waals surface area contributed by atoms with Crippen LogP contribution in [0.1, 0.15) is 13.8 Å². The van der Waals surface area contributed by atoms with Gasteiger partial charge in [0.1, 0.15) is 6.04 Å². The van der Waals surface area contributed by atoms with Crippen molar-refractivity contribution in [2.75, 3.05) is 26.8 Å². The van der Waals surface area contributed by atoms with E-state index in [9.17, 15) is 4.79 Å². The maximum absolute atomic E-state index is 10.8. The first-order valence-electron chi connectivity index (χ1n) is 5.02. The van der Waals surface area contributed by atoms with Crippen molar-refractivity contribution in [3.63, 3.8) is 0 Å². The Bertz CT molecular complexity index is 208. The van der Waals surface area contributed by atoms with Gasteiger partial charge in [0.2, 0.25) is 0 Å². The number of hydrogen-bond donors (Lipinski definition) is 1. The Morgan fingerprint density at radius 2 is 2.29 bits per heavy atom. The van der Waals surface area contributed by atoms with E-state index in [-0.39, 0.29) is 6.04 Å². The molecule has 1 saturated heterocycles. The van der Waals surface area contributed by atoms with Crippen LogP contribution in [0, 0.1) is 11.8 Å². The summed E-state index contributed by atoms with van der Waals surface area (Å²) >= 11 is 0. The zero-order valence-electron chi connectivity index (χ0n) is 9.06. The third kappa shape index (κ3) is 2.45. The molecule has 0 spiro atoms. The van der Waals surface area contributed by atoms with Gasteiger partial charge in [-0.1, -0.05) is 6.92 Å². The lowest BCUT2D eigenvalue weighted by molar-refractivity contribution is -0.142. The number of methoxy groups -OCH3 is 1. The number of rotatable bonds is 4. The zero-order valence-corrected chi connectivity index (χ0v) is 9.06. The second kappa shape index (κ2) is 4.75. The van der Waals surface area contributed by atoms with Crippen molar-refractivity contribution >= 4 is 5.97 Å². The first-order chi connectivity index (χ1) is 6.56. The molecule has 0 aliphatic carbocycles. The van der Waals surface area contributed by atoms with Crippen molar-refractivity contribution in [1.82, 2.24) is 4.90 Å². The predicted molar refractivity (Wildman–Crippen MR) is 53.2 cm³/mol. The summed E-state index contributed by atoms with van der Waals surface area (Å²) in [5, 5.41) is 8.87. The van der Waals surface area contributed by atoms with Gasteiger partial charge in [0.25, 0.3) is 0 Å². The summed E-state index contributed by atoms with van der Waals surface area (Å²) in [6.07, 6.45) is 0. The first kappa shape index (κ1) is 11.5. The molecule has 3 atom stereocenters. The number of carboxylic acid groups (broad SMARTS) is 1. The summed E-state index contributed by atoms with van der Waals surface area (Å²) in [5.41, 5.74) is 0. The molecule has 0 aromatic carbocycles. The minimum absolute atomic E-state index is 0.376. The number of hydrogen-bond acceptors (Lipinski definition) is 3. The van der Waals surface area contributed by atoms with E-state index in [1.807, 2.05) is 4.90 Å². The molecule has 1 aliphatic heterocycles.